The molecule has 0 N–H and O–H groups in total. The lowest BCUT2D eigenvalue weighted by molar-refractivity contribution is 0.310. The maximum atomic E-state index is 6.14. The van der Waals surface area contributed by atoms with Crippen LogP contribution in [0.4, 0.5) is 0 Å². The van der Waals surface area contributed by atoms with Crippen molar-refractivity contribution in [3.05, 3.63) is 30.3 Å². The van der Waals surface area contributed by atoms with Gasteiger partial charge in [-0.15, -0.1) is 0 Å². The standard InChI is InChI=1S/C14H21PS2/c1-11-13(2,3)15(16,14(11,4)5)17-12-9-7-6-8-10-12/h6-11H,1-5H3. The van der Waals surface area contributed by atoms with Crippen LogP contribution in [-0.2, 0) is 11.8 Å². The van der Waals surface area contributed by atoms with Gasteiger partial charge in [0.1, 0.15) is 0 Å². The monoisotopic (exact) mass is 284 g/mol. The number of benzene rings is 1. The minimum absolute atomic E-state index is 0.312. The van der Waals surface area contributed by atoms with E-state index in [1.807, 2.05) is 11.4 Å². The average molecular weight is 284 g/mol. The largest absolute Gasteiger partial charge is 0.0871 e. The van der Waals surface area contributed by atoms with Crippen molar-refractivity contribution in [2.24, 2.45) is 5.92 Å². The molecule has 94 valence electrons. The third-order valence-corrected chi connectivity index (χ3v) is 16.9. The van der Waals surface area contributed by atoms with Crippen molar-refractivity contribution in [3.8, 4) is 0 Å². The fraction of sp³-hybridized carbons (Fsp3) is 0.571. The molecule has 1 heterocycles. The first kappa shape index (κ1) is 13.6. The molecule has 0 unspecified atom stereocenters. The maximum absolute atomic E-state index is 6.14. The highest BCUT2D eigenvalue weighted by Gasteiger charge is 2.64. The zero-order valence-electron chi connectivity index (χ0n) is 11.2. The van der Waals surface area contributed by atoms with Gasteiger partial charge in [0, 0.05) is 20.4 Å². The van der Waals surface area contributed by atoms with Crippen molar-refractivity contribution in [1.82, 2.24) is 0 Å². The summed E-state index contributed by atoms with van der Waals surface area (Å²) in [5.74, 6) is 0.706. The van der Waals surface area contributed by atoms with Gasteiger partial charge in [-0.3, -0.25) is 0 Å². The first-order valence-electron chi connectivity index (χ1n) is 6.08. The Labute approximate surface area is 114 Å². The third kappa shape index (κ3) is 1.76. The van der Waals surface area contributed by atoms with E-state index in [2.05, 4.69) is 65.0 Å². The van der Waals surface area contributed by atoms with Crippen LogP contribution in [0.3, 0.4) is 0 Å². The first-order chi connectivity index (χ1) is 7.73. The van der Waals surface area contributed by atoms with Crippen LogP contribution in [0.1, 0.15) is 34.6 Å². The van der Waals surface area contributed by atoms with E-state index in [-0.39, 0.29) is 0 Å². The molecule has 0 spiro atoms. The van der Waals surface area contributed by atoms with Crippen LogP contribution in [0.5, 0.6) is 0 Å². The Morgan fingerprint density at radius 2 is 1.53 bits per heavy atom. The molecule has 0 aliphatic carbocycles. The summed E-state index contributed by atoms with van der Waals surface area (Å²) in [7, 11) is 0. The molecular formula is C14H21PS2. The highest BCUT2D eigenvalue weighted by Crippen LogP contribution is 2.89. The topological polar surface area (TPSA) is 0 Å². The molecule has 1 saturated heterocycles. The van der Waals surface area contributed by atoms with Gasteiger partial charge in [0.15, 0.2) is 0 Å². The van der Waals surface area contributed by atoms with Gasteiger partial charge < -0.3 is 0 Å². The fourth-order valence-corrected chi connectivity index (χ4v) is 12.2. The van der Waals surface area contributed by atoms with E-state index >= 15 is 0 Å². The van der Waals surface area contributed by atoms with Gasteiger partial charge in [-0.1, -0.05) is 76.0 Å². The Kier molecular flexibility index (Phi) is 3.30. The Balaban J connectivity index is 2.35. The van der Waals surface area contributed by atoms with Gasteiger partial charge in [0.2, 0.25) is 0 Å². The molecule has 1 aliphatic rings. The van der Waals surface area contributed by atoms with Crippen molar-refractivity contribution >= 4 is 28.4 Å². The molecule has 0 bridgehead atoms. The average Bonchev–Trinajstić information content (AvgIpc) is 2.28. The van der Waals surface area contributed by atoms with Crippen LogP contribution in [0.25, 0.3) is 0 Å². The summed E-state index contributed by atoms with van der Waals surface area (Å²) in [6.45, 7) is 11.8. The van der Waals surface area contributed by atoms with Crippen LogP contribution in [0.15, 0.2) is 35.2 Å². The van der Waals surface area contributed by atoms with E-state index < -0.39 is 5.24 Å². The Morgan fingerprint density at radius 1 is 1.06 bits per heavy atom. The maximum Gasteiger partial charge on any atom is 0.0228 e. The molecule has 0 atom stereocenters. The quantitative estimate of drug-likeness (QED) is 0.669. The second-order valence-electron chi connectivity index (χ2n) is 5.98. The Bertz CT molecular complexity index is 442. The predicted octanol–water partition coefficient (Wildman–Crippen LogP) is 5.38. The summed E-state index contributed by atoms with van der Waals surface area (Å²) in [6, 6.07) is 10.7. The van der Waals surface area contributed by atoms with Crippen molar-refractivity contribution in [1.29, 1.82) is 0 Å². The van der Waals surface area contributed by atoms with Crippen LogP contribution in [-0.4, -0.2) is 10.3 Å². The molecule has 0 amide bonds. The summed E-state index contributed by atoms with van der Waals surface area (Å²) in [5.41, 5.74) is 0. The van der Waals surface area contributed by atoms with Gasteiger partial charge in [0.25, 0.3) is 0 Å². The molecule has 0 nitrogen and oxygen atoms in total. The molecule has 0 aromatic heterocycles. The van der Waals surface area contributed by atoms with Crippen LogP contribution >= 0.6 is 16.6 Å². The summed E-state index contributed by atoms with van der Waals surface area (Å²) >= 11 is 8.11. The predicted molar refractivity (Wildman–Crippen MR) is 83.9 cm³/mol. The SMILES string of the molecule is CC1C(C)(C)P(=S)(Sc2ccccc2)C1(C)C. The van der Waals surface area contributed by atoms with Gasteiger partial charge in [-0.25, -0.2) is 0 Å². The highest BCUT2D eigenvalue weighted by atomic mass is 32.9. The van der Waals surface area contributed by atoms with E-state index in [9.17, 15) is 0 Å². The van der Waals surface area contributed by atoms with Crippen molar-refractivity contribution in [2.45, 2.75) is 49.8 Å². The molecule has 1 aliphatic heterocycles. The van der Waals surface area contributed by atoms with E-state index in [0.717, 1.165) is 0 Å². The van der Waals surface area contributed by atoms with Crippen molar-refractivity contribution in [3.63, 3.8) is 0 Å². The minimum atomic E-state index is -1.43. The van der Waals surface area contributed by atoms with Crippen LogP contribution in [0, 0.1) is 5.92 Å². The normalized spacial score (nSPS) is 34.1. The molecule has 1 fully saturated rings. The van der Waals surface area contributed by atoms with Crippen LogP contribution in [0.2, 0.25) is 0 Å². The molecule has 1 aromatic rings. The second kappa shape index (κ2) is 4.11. The molecule has 3 heteroatoms. The molecule has 1 aromatic carbocycles. The zero-order chi connectivity index (χ0) is 12.9. The summed E-state index contributed by atoms with van der Waals surface area (Å²) in [4.78, 5) is 1.34. The van der Waals surface area contributed by atoms with Crippen molar-refractivity contribution in [2.75, 3.05) is 0 Å². The second-order valence-corrected chi connectivity index (χ2v) is 14.6. The summed E-state index contributed by atoms with van der Waals surface area (Å²) < 4.78 is 0. The van der Waals surface area contributed by atoms with Gasteiger partial charge in [-0.2, -0.15) is 0 Å². The minimum Gasteiger partial charge on any atom is -0.0871 e. The van der Waals surface area contributed by atoms with Crippen molar-refractivity contribution < 1.29 is 0 Å². The number of rotatable bonds is 2. The first-order valence-corrected chi connectivity index (χ1v) is 10.3. The third-order valence-electron chi connectivity index (χ3n) is 4.61. The number of hydrogen-bond donors (Lipinski definition) is 0. The molecule has 2 rings (SSSR count). The highest BCUT2D eigenvalue weighted by molar-refractivity contribution is 8.72. The van der Waals surface area contributed by atoms with E-state index in [1.165, 1.54) is 4.90 Å². The fourth-order valence-electron chi connectivity index (χ4n) is 2.92. The lowest BCUT2D eigenvalue weighted by Crippen LogP contribution is -2.56. The van der Waals surface area contributed by atoms with Gasteiger partial charge >= 0.3 is 0 Å². The lowest BCUT2D eigenvalue weighted by atomic mass is 9.83. The zero-order valence-corrected chi connectivity index (χ0v) is 13.8. The number of hydrogen-bond acceptors (Lipinski definition) is 2. The smallest absolute Gasteiger partial charge is 0.0228 e. The molecule has 17 heavy (non-hydrogen) atoms. The Hall–Kier alpha value is 0.220. The molecule has 0 saturated carbocycles. The van der Waals surface area contributed by atoms with Gasteiger partial charge in [0.05, 0.1) is 0 Å². The van der Waals surface area contributed by atoms with Gasteiger partial charge in [-0.05, 0) is 18.1 Å². The lowest BCUT2D eigenvalue weighted by Gasteiger charge is -2.65. The summed E-state index contributed by atoms with van der Waals surface area (Å²) in [6.07, 6.45) is 0. The molecular weight excluding hydrogens is 263 g/mol. The Morgan fingerprint density at radius 3 is 2.00 bits per heavy atom. The van der Waals surface area contributed by atoms with Crippen LogP contribution < -0.4 is 0 Å². The summed E-state index contributed by atoms with van der Waals surface area (Å²) in [5, 5.41) is -0.803. The van der Waals surface area contributed by atoms with E-state index in [0.29, 0.717) is 16.2 Å². The van der Waals surface area contributed by atoms with E-state index in [4.69, 9.17) is 11.8 Å². The van der Waals surface area contributed by atoms with E-state index in [1.54, 1.807) is 0 Å². The molecule has 0 radical (unpaired) electrons.